The fourth-order valence-electron chi connectivity index (χ4n) is 1.77. The van der Waals surface area contributed by atoms with E-state index in [4.69, 9.17) is 4.74 Å². The van der Waals surface area contributed by atoms with E-state index in [1.54, 1.807) is 4.90 Å². The molecule has 1 aromatic carbocycles. The maximum atomic E-state index is 11.9. The fourth-order valence-corrected chi connectivity index (χ4v) is 2.46. The average Bonchev–Trinajstić information content (AvgIpc) is 2.60. The largest absolute Gasteiger partial charge is 0.445 e. The van der Waals surface area contributed by atoms with Gasteiger partial charge in [-0.25, -0.2) is 4.79 Å². The van der Waals surface area contributed by atoms with Crippen LogP contribution in [0, 0.1) is 0 Å². The minimum atomic E-state index is -0.373. The number of nitrogens with one attached hydrogen (secondary N) is 1. The zero-order valence-corrected chi connectivity index (χ0v) is 12.5. The van der Waals surface area contributed by atoms with Crippen LogP contribution in [0.1, 0.15) is 5.56 Å². The normalized spacial score (nSPS) is 19.5. The zero-order valence-electron chi connectivity index (χ0n) is 10.3. The summed E-state index contributed by atoms with van der Waals surface area (Å²) >= 11 is 2.03. The summed E-state index contributed by atoms with van der Waals surface area (Å²) in [5.74, 6) is -0.0287. The molecule has 102 valence electrons. The van der Waals surface area contributed by atoms with Gasteiger partial charge in [0.05, 0.1) is 0 Å². The molecule has 6 heteroatoms. The van der Waals surface area contributed by atoms with Crippen LogP contribution in [0.3, 0.4) is 0 Å². The molecule has 1 aliphatic rings. The van der Waals surface area contributed by atoms with Crippen LogP contribution in [-0.2, 0) is 16.1 Å². The maximum Gasteiger partial charge on any atom is 0.410 e. The van der Waals surface area contributed by atoms with Crippen molar-refractivity contribution in [2.24, 2.45) is 0 Å². The lowest BCUT2D eigenvalue weighted by Gasteiger charge is -2.20. The summed E-state index contributed by atoms with van der Waals surface area (Å²) in [6, 6.07) is 9.53. The molecule has 0 spiro atoms. The molecule has 1 aromatic rings. The van der Waals surface area contributed by atoms with Crippen LogP contribution in [0.4, 0.5) is 4.79 Å². The van der Waals surface area contributed by atoms with E-state index in [2.05, 4.69) is 5.32 Å². The molecule has 0 aromatic heterocycles. The van der Waals surface area contributed by atoms with Crippen molar-refractivity contribution in [1.29, 1.82) is 0 Å². The smallest absolute Gasteiger partial charge is 0.410 e. The number of carbonyl (C=O) groups is 2. The number of halogens is 1. The molecule has 1 aliphatic heterocycles. The Labute approximate surface area is 125 Å². The number of alkyl halides is 1. The first-order valence-electron chi connectivity index (χ1n) is 6.04. The van der Waals surface area contributed by atoms with Gasteiger partial charge in [0.25, 0.3) is 0 Å². The highest BCUT2D eigenvalue weighted by atomic mass is 127. The molecular formula is C13H15IN2O3. The number of benzene rings is 1. The molecule has 1 atom stereocenters. The molecular weight excluding hydrogens is 359 g/mol. The van der Waals surface area contributed by atoms with E-state index < -0.39 is 0 Å². The SMILES string of the molecule is O=C1NCCN(C(=O)OCc2ccccc2)CC1I. The number of rotatable bonds is 2. The summed E-state index contributed by atoms with van der Waals surface area (Å²) in [6.07, 6.45) is -0.373. The number of amides is 2. The lowest BCUT2D eigenvalue weighted by atomic mass is 10.2. The first-order valence-corrected chi connectivity index (χ1v) is 7.29. The summed E-state index contributed by atoms with van der Waals surface area (Å²) in [6.45, 7) is 1.60. The second kappa shape index (κ2) is 6.74. The molecule has 1 N–H and O–H groups in total. The van der Waals surface area contributed by atoms with Gasteiger partial charge in [0, 0.05) is 19.6 Å². The molecule has 5 nitrogen and oxygen atoms in total. The van der Waals surface area contributed by atoms with Crippen LogP contribution < -0.4 is 5.32 Å². The molecule has 19 heavy (non-hydrogen) atoms. The molecule has 1 fully saturated rings. The molecule has 0 bridgehead atoms. The second-order valence-corrected chi connectivity index (χ2v) is 5.75. The van der Waals surface area contributed by atoms with E-state index in [0.717, 1.165) is 5.56 Å². The Balaban J connectivity index is 1.87. The second-order valence-electron chi connectivity index (χ2n) is 4.24. The highest BCUT2D eigenvalue weighted by Crippen LogP contribution is 2.09. The first kappa shape index (κ1) is 14.1. The van der Waals surface area contributed by atoms with Crippen molar-refractivity contribution in [3.8, 4) is 0 Å². The van der Waals surface area contributed by atoms with E-state index in [9.17, 15) is 9.59 Å². The summed E-state index contributed by atoms with van der Waals surface area (Å²) in [4.78, 5) is 25.0. The molecule has 2 amide bonds. The van der Waals surface area contributed by atoms with Gasteiger partial charge in [-0.1, -0.05) is 52.9 Å². The van der Waals surface area contributed by atoms with Crippen LogP contribution in [0.25, 0.3) is 0 Å². The Kier molecular flexibility index (Phi) is 5.00. The van der Waals surface area contributed by atoms with Gasteiger partial charge in [0.1, 0.15) is 10.5 Å². The predicted octanol–water partition coefficient (Wildman–Crippen LogP) is 1.56. The average molecular weight is 374 g/mol. The van der Waals surface area contributed by atoms with Gasteiger partial charge >= 0.3 is 6.09 Å². The van der Waals surface area contributed by atoms with Crippen molar-refractivity contribution >= 4 is 34.6 Å². The third-order valence-electron chi connectivity index (χ3n) is 2.81. The summed E-state index contributed by atoms with van der Waals surface area (Å²) in [5.41, 5.74) is 0.950. The van der Waals surface area contributed by atoms with Crippen molar-refractivity contribution in [1.82, 2.24) is 10.2 Å². The molecule has 1 unspecified atom stereocenters. The van der Waals surface area contributed by atoms with Crippen molar-refractivity contribution in [2.45, 2.75) is 10.5 Å². The highest BCUT2D eigenvalue weighted by Gasteiger charge is 2.26. The third-order valence-corrected chi connectivity index (χ3v) is 3.77. The molecule has 0 aliphatic carbocycles. The first-order chi connectivity index (χ1) is 9.16. The summed E-state index contributed by atoms with van der Waals surface area (Å²) < 4.78 is 5.02. The number of ether oxygens (including phenoxy) is 1. The van der Waals surface area contributed by atoms with Gasteiger partial charge in [-0.15, -0.1) is 0 Å². The lowest BCUT2D eigenvalue weighted by molar-refractivity contribution is -0.119. The van der Waals surface area contributed by atoms with E-state index >= 15 is 0 Å². The van der Waals surface area contributed by atoms with E-state index in [1.165, 1.54) is 0 Å². The molecule has 1 heterocycles. The van der Waals surface area contributed by atoms with Gasteiger partial charge < -0.3 is 15.0 Å². The Bertz CT molecular complexity index is 452. The summed E-state index contributed by atoms with van der Waals surface area (Å²) in [7, 11) is 0. The minimum Gasteiger partial charge on any atom is -0.445 e. The van der Waals surface area contributed by atoms with Gasteiger partial charge in [-0.05, 0) is 5.56 Å². The van der Waals surface area contributed by atoms with Crippen molar-refractivity contribution < 1.29 is 14.3 Å². The van der Waals surface area contributed by atoms with E-state index in [1.807, 2.05) is 52.9 Å². The fraction of sp³-hybridized carbons (Fsp3) is 0.385. The van der Waals surface area contributed by atoms with Crippen molar-refractivity contribution in [3.05, 3.63) is 35.9 Å². The van der Waals surface area contributed by atoms with E-state index in [0.29, 0.717) is 19.6 Å². The molecule has 1 saturated heterocycles. The van der Waals surface area contributed by atoms with Gasteiger partial charge in [-0.2, -0.15) is 0 Å². The van der Waals surface area contributed by atoms with Crippen molar-refractivity contribution in [3.63, 3.8) is 0 Å². The number of hydrogen-bond donors (Lipinski definition) is 1. The standard InChI is InChI=1S/C13H15IN2O3/c14-11-8-16(7-6-15-12(11)17)13(18)19-9-10-4-2-1-3-5-10/h1-5,11H,6-9H2,(H,15,17). The van der Waals surface area contributed by atoms with Gasteiger partial charge in [0.15, 0.2) is 0 Å². The molecule has 0 radical (unpaired) electrons. The Morgan fingerprint density at radius 1 is 1.42 bits per heavy atom. The number of nitrogens with zero attached hydrogens (tertiary/aromatic N) is 1. The Hall–Kier alpha value is -1.31. The van der Waals surface area contributed by atoms with Crippen LogP contribution in [0.2, 0.25) is 0 Å². The van der Waals surface area contributed by atoms with Crippen LogP contribution in [0.5, 0.6) is 0 Å². The Morgan fingerprint density at radius 2 is 2.16 bits per heavy atom. The van der Waals surface area contributed by atoms with Gasteiger partial charge in [-0.3, -0.25) is 4.79 Å². The zero-order chi connectivity index (χ0) is 13.7. The van der Waals surface area contributed by atoms with Crippen LogP contribution >= 0.6 is 22.6 Å². The number of carbonyl (C=O) groups excluding carboxylic acids is 2. The monoisotopic (exact) mass is 374 g/mol. The molecule has 2 rings (SSSR count). The summed E-state index contributed by atoms with van der Waals surface area (Å²) in [5, 5.41) is 2.76. The van der Waals surface area contributed by atoms with Crippen molar-refractivity contribution in [2.75, 3.05) is 19.6 Å². The highest BCUT2D eigenvalue weighted by molar-refractivity contribution is 14.1. The van der Waals surface area contributed by atoms with E-state index in [-0.39, 0.29) is 22.5 Å². The predicted molar refractivity (Wildman–Crippen MR) is 79.0 cm³/mol. The molecule has 0 saturated carbocycles. The minimum absolute atomic E-state index is 0.0287. The third kappa shape index (κ3) is 4.09. The van der Waals surface area contributed by atoms with Crippen LogP contribution in [-0.4, -0.2) is 40.5 Å². The lowest BCUT2D eigenvalue weighted by Crippen LogP contribution is -2.37. The van der Waals surface area contributed by atoms with Crippen LogP contribution in [0.15, 0.2) is 30.3 Å². The van der Waals surface area contributed by atoms with Gasteiger partial charge in [0.2, 0.25) is 5.91 Å². The quantitative estimate of drug-likeness (QED) is 0.632. The Morgan fingerprint density at radius 3 is 2.89 bits per heavy atom. The number of hydrogen-bond acceptors (Lipinski definition) is 3. The maximum absolute atomic E-state index is 11.9. The topological polar surface area (TPSA) is 58.6 Å².